The molecule has 1 aromatic carbocycles. The standard InChI is InChI=1S/C16H20N2OS/c1-3-14-11(2)10-15(20-14)16(19)18-9-8-12-4-6-13(17)7-5-12/h4-7,10H,3,8-9,17H2,1-2H3,(H,18,19). The first kappa shape index (κ1) is 14.6. The summed E-state index contributed by atoms with van der Waals surface area (Å²) in [4.78, 5) is 14.1. The SMILES string of the molecule is CCc1sc(C(=O)NCCc2ccc(N)cc2)cc1C. The van der Waals surface area contributed by atoms with Gasteiger partial charge in [-0.25, -0.2) is 0 Å². The lowest BCUT2D eigenvalue weighted by molar-refractivity contribution is 0.0958. The smallest absolute Gasteiger partial charge is 0.261 e. The van der Waals surface area contributed by atoms with Gasteiger partial charge in [-0.3, -0.25) is 4.79 Å². The van der Waals surface area contributed by atoms with Gasteiger partial charge in [0.25, 0.3) is 5.91 Å². The number of hydrogen-bond acceptors (Lipinski definition) is 3. The summed E-state index contributed by atoms with van der Waals surface area (Å²) in [5, 5.41) is 2.97. The molecular weight excluding hydrogens is 268 g/mol. The van der Waals surface area contributed by atoms with E-state index in [2.05, 4.69) is 19.2 Å². The van der Waals surface area contributed by atoms with Crippen LogP contribution >= 0.6 is 11.3 Å². The van der Waals surface area contributed by atoms with Crippen molar-refractivity contribution in [3.05, 3.63) is 51.2 Å². The number of nitrogens with two attached hydrogens (primary N) is 1. The van der Waals surface area contributed by atoms with Crippen LogP contribution in [0.3, 0.4) is 0 Å². The maximum atomic E-state index is 12.0. The fraction of sp³-hybridized carbons (Fsp3) is 0.312. The van der Waals surface area contributed by atoms with Gasteiger partial charge in [0, 0.05) is 17.1 Å². The van der Waals surface area contributed by atoms with Crippen molar-refractivity contribution >= 4 is 22.9 Å². The number of aryl methyl sites for hydroxylation is 2. The summed E-state index contributed by atoms with van der Waals surface area (Å²) in [6, 6.07) is 9.72. The molecule has 0 unspecified atom stereocenters. The minimum absolute atomic E-state index is 0.0215. The van der Waals surface area contributed by atoms with E-state index in [1.807, 2.05) is 30.3 Å². The van der Waals surface area contributed by atoms with Crippen molar-refractivity contribution in [2.24, 2.45) is 0 Å². The lowest BCUT2D eigenvalue weighted by Crippen LogP contribution is -2.24. The van der Waals surface area contributed by atoms with Crippen LogP contribution in [0.15, 0.2) is 30.3 Å². The highest BCUT2D eigenvalue weighted by Crippen LogP contribution is 2.22. The van der Waals surface area contributed by atoms with Gasteiger partial charge in [-0.05, 0) is 49.1 Å². The highest BCUT2D eigenvalue weighted by atomic mass is 32.1. The average Bonchev–Trinajstić information content (AvgIpc) is 2.82. The first-order valence-electron chi connectivity index (χ1n) is 6.82. The molecule has 20 heavy (non-hydrogen) atoms. The number of thiophene rings is 1. The van der Waals surface area contributed by atoms with Crippen molar-refractivity contribution in [1.82, 2.24) is 5.32 Å². The molecule has 3 N–H and O–H groups in total. The summed E-state index contributed by atoms with van der Waals surface area (Å²) in [6.45, 7) is 4.81. The van der Waals surface area contributed by atoms with Crippen LogP contribution in [-0.2, 0) is 12.8 Å². The number of nitrogens with one attached hydrogen (secondary N) is 1. The molecule has 0 radical (unpaired) electrons. The number of rotatable bonds is 5. The molecule has 4 heteroatoms. The molecule has 0 saturated heterocycles. The van der Waals surface area contributed by atoms with Gasteiger partial charge in [0.2, 0.25) is 0 Å². The van der Waals surface area contributed by atoms with Crippen molar-refractivity contribution < 1.29 is 4.79 Å². The van der Waals surface area contributed by atoms with E-state index in [0.29, 0.717) is 6.54 Å². The molecule has 0 saturated carbocycles. The number of carbonyl (C=O) groups excluding carboxylic acids is 1. The third-order valence-electron chi connectivity index (χ3n) is 3.24. The normalized spacial score (nSPS) is 10.5. The van der Waals surface area contributed by atoms with E-state index in [1.165, 1.54) is 16.0 Å². The Morgan fingerprint density at radius 2 is 2.00 bits per heavy atom. The van der Waals surface area contributed by atoms with Crippen molar-refractivity contribution in [2.45, 2.75) is 26.7 Å². The summed E-state index contributed by atoms with van der Waals surface area (Å²) < 4.78 is 0. The number of carbonyl (C=O) groups is 1. The van der Waals surface area contributed by atoms with E-state index < -0.39 is 0 Å². The monoisotopic (exact) mass is 288 g/mol. The molecule has 1 aromatic heterocycles. The van der Waals surface area contributed by atoms with Gasteiger partial charge in [0.1, 0.15) is 0 Å². The van der Waals surface area contributed by atoms with Gasteiger partial charge in [-0.2, -0.15) is 0 Å². The van der Waals surface area contributed by atoms with Crippen LogP contribution in [0.4, 0.5) is 5.69 Å². The van der Waals surface area contributed by atoms with Crippen molar-refractivity contribution in [1.29, 1.82) is 0 Å². The fourth-order valence-electron chi connectivity index (χ4n) is 2.07. The van der Waals surface area contributed by atoms with E-state index in [0.717, 1.165) is 23.4 Å². The Kier molecular flexibility index (Phi) is 4.79. The summed E-state index contributed by atoms with van der Waals surface area (Å²) >= 11 is 1.59. The van der Waals surface area contributed by atoms with Crippen LogP contribution in [0.2, 0.25) is 0 Å². The minimum atomic E-state index is 0.0215. The van der Waals surface area contributed by atoms with Crippen molar-refractivity contribution in [3.8, 4) is 0 Å². The number of nitrogen functional groups attached to an aromatic ring is 1. The van der Waals surface area contributed by atoms with Crippen LogP contribution in [0.5, 0.6) is 0 Å². The molecule has 0 aliphatic heterocycles. The highest BCUT2D eigenvalue weighted by Gasteiger charge is 2.10. The van der Waals surface area contributed by atoms with Crippen LogP contribution in [-0.4, -0.2) is 12.5 Å². The topological polar surface area (TPSA) is 55.1 Å². The van der Waals surface area contributed by atoms with Crippen LogP contribution < -0.4 is 11.1 Å². The number of amides is 1. The molecule has 2 rings (SSSR count). The van der Waals surface area contributed by atoms with Crippen LogP contribution in [0.25, 0.3) is 0 Å². The molecule has 1 heterocycles. The van der Waals surface area contributed by atoms with Gasteiger partial charge < -0.3 is 11.1 Å². The van der Waals surface area contributed by atoms with Gasteiger partial charge in [0.05, 0.1) is 4.88 Å². The van der Waals surface area contributed by atoms with E-state index in [-0.39, 0.29) is 5.91 Å². The number of hydrogen-bond donors (Lipinski definition) is 2. The first-order valence-corrected chi connectivity index (χ1v) is 7.63. The molecule has 106 valence electrons. The van der Waals surface area contributed by atoms with Gasteiger partial charge in [-0.1, -0.05) is 19.1 Å². The summed E-state index contributed by atoms with van der Waals surface area (Å²) in [5.41, 5.74) is 8.79. The third-order valence-corrected chi connectivity index (χ3v) is 4.62. The number of anilines is 1. The predicted octanol–water partition coefficient (Wildman–Crippen LogP) is 3.17. The molecule has 0 bridgehead atoms. The second kappa shape index (κ2) is 6.57. The number of benzene rings is 1. The lowest BCUT2D eigenvalue weighted by Gasteiger charge is -2.04. The predicted molar refractivity (Wildman–Crippen MR) is 85.3 cm³/mol. The zero-order valence-electron chi connectivity index (χ0n) is 11.9. The summed E-state index contributed by atoms with van der Waals surface area (Å²) in [6.07, 6.45) is 1.80. The quantitative estimate of drug-likeness (QED) is 0.830. The highest BCUT2D eigenvalue weighted by molar-refractivity contribution is 7.14. The molecule has 0 aliphatic rings. The van der Waals surface area contributed by atoms with Crippen LogP contribution in [0.1, 0.15) is 32.6 Å². The maximum Gasteiger partial charge on any atom is 0.261 e. The van der Waals surface area contributed by atoms with Crippen LogP contribution in [0, 0.1) is 6.92 Å². The summed E-state index contributed by atoms with van der Waals surface area (Å²) in [5.74, 6) is 0.0215. The second-order valence-electron chi connectivity index (χ2n) is 4.82. The molecule has 3 nitrogen and oxygen atoms in total. The molecule has 0 spiro atoms. The molecular formula is C16H20N2OS. The Morgan fingerprint density at radius 1 is 1.30 bits per heavy atom. The molecule has 0 atom stereocenters. The maximum absolute atomic E-state index is 12.0. The Hall–Kier alpha value is -1.81. The van der Waals surface area contributed by atoms with Gasteiger partial charge in [0.15, 0.2) is 0 Å². The van der Waals surface area contributed by atoms with Crippen molar-refractivity contribution in [2.75, 3.05) is 12.3 Å². The average molecular weight is 288 g/mol. The molecule has 2 aromatic rings. The largest absolute Gasteiger partial charge is 0.399 e. The lowest BCUT2D eigenvalue weighted by atomic mass is 10.1. The first-order chi connectivity index (χ1) is 9.60. The summed E-state index contributed by atoms with van der Waals surface area (Å²) in [7, 11) is 0. The van der Waals surface area contributed by atoms with Gasteiger partial charge >= 0.3 is 0 Å². The zero-order valence-corrected chi connectivity index (χ0v) is 12.7. The van der Waals surface area contributed by atoms with E-state index in [9.17, 15) is 4.79 Å². The van der Waals surface area contributed by atoms with E-state index in [1.54, 1.807) is 11.3 Å². The molecule has 0 fully saturated rings. The fourth-order valence-corrected chi connectivity index (χ4v) is 3.10. The van der Waals surface area contributed by atoms with E-state index >= 15 is 0 Å². The molecule has 1 amide bonds. The van der Waals surface area contributed by atoms with E-state index in [4.69, 9.17) is 5.73 Å². The molecule has 0 aliphatic carbocycles. The zero-order chi connectivity index (χ0) is 14.5. The third kappa shape index (κ3) is 3.61. The Balaban J connectivity index is 1.87. The Labute approximate surface area is 123 Å². The second-order valence-corrected chi connectivity index (χ2v) is 5.95. The minimum Gasteiger partial charge on any atom is -0.399 e. The van der Waals surface area contributed by atoms with Gasteiger partial charge in [-0.15, -0.1) is 11.3 Å². The Morgan fingerprint density at radius 3 is 2.60 bits per heavy atom. The van der Waals surface area contributed by atoms with Crippen molar-refractivity contribution in [3.63, 3.8) is 0 Å². The Bertz CT molecular complexity index is 587.